The average molecular weight is 347 g/mol. The zero-order chi connectivity index (χ0) is 17.9. The van der Waals surface area contributed by atoms with Crippen LogP contribution in [-0.4, -0.2) is 49.2 Å². The highest BCUT2D eigenvalue weighted by molar-refractivity contribution is 5.81. The highest BCUT2D eigenvalue weighted by Gasteiger charge is 2.43. The first-order chi connectivity index (χ1) is 11.3. The molecule has 1 amide bonds. The van der Waals surface area contributed by atoms with Crippen LogP contribution in [0.15, 0.2) is 18.2 Å². The van der Waals surface area contributed by atoms with Crippen LogP contribution in [0.1, 0.15) is 24.3 Å². The zero-order valence-corrected chi connectivity index (χ0v) is 13.3. The van der Waals surface area contributed by atoms with Crippen LogP contribution in [0.25, 0.3) is 0 Å². The second kappa shape index (κ2) is 7.06. The summed E-state index contributed by atoms with van der Waals surface area (Å²) < 4.78 is 42.7. The normalized spacial score (nSPS) is 16.0. The number of nitrogens with zero attached hydrogens (tertiary/aromatic N) is 2. The van der Waals surface area contributed by atoms with E-state index in [9.17, 15) is 22.9 Å². The van der Waals surface area contributed by atoms with Crippen molar-refractivity contribution < 1.29 is 32.5 Å². The molecule has 1 fully saturated rings. The molecule has 9 heteroatoms. The molecule has 0 unspecified atom stereocenters. The van der Waals surface area contributed by atoms with Gasteiger partial charge < -0.3 is 9.64 Å². The molecule has 0 aliphatic carbocycles. The second-order valence-corrected chi connectivity index (χ2v) is 5.43. The van der Waals surface area contributed by atoms with Gasteiger partial charge in [0.05, 0.1) is 12.0 Å². The molecule has 6 nitrogen and oxygen atoms in total. The molecular formula is C15H18F3N2O4+. The van der Waals surface area contributed by atoms with E-state index in [0.29, 0.717) is 29.1 Å². The van der Waals surface area contributed by atoms with Crippen LogP contribution in [0.2, 0.25) is 0 Å². The number of halogens is 3. The lowest BCUT2D eigenvalue weighted by Crippen LogP contribution is -2.45. The first kappa shape index (κ1) is 18.0. The van der Waals surface area contributed by atoms with Crippen LogP contribution < -0.4 is 4.74 Å². The van der Waals surface area contributed by atoms with E-state index in [-0.39, 0.29) is 24.7 Å². The van der Waals surface area contributed by atoms with Crippen LogP contribution >= 0.6 is 0 Å². The number of hydrogen-bond acceptors (Lipinski definition) is 4. The Morgan fingerprint density at radius 2 is 1.88 bits per heavy atom. The minimum absolute atomic E-state index is 0.00175. The van der Waals surface area contributed by atoms with Crippen LogP contribution in [0.4, 0.5) is 18.9 Å². The molecule has 0 N–H and O–H groups in total. The molecule has 1 heterocycles. The summed E-state index contributed by atoms with van der Waals surface area (Å²) in [7, 11) is 2.71. The topological polar surface area (TPSA) is 58.9 Å². The predicted molar refractivity (Wildman–Crippen MR) is 77.9 cm³/mol. The Labute approximate surface area is 136 Å². The molecule has 24 heavy (non-hydrogen) atoms. The summed E-state index contributed by atoms with van der Waals surface area (Å²) in [6.07, 6.45) is -4.15. The predicted octanol–water partition coefficient (Wildman–Crippen LogP) is 2.94. The monoisotopic (exact) mass is 347 g/mol. The Balaban J connectivity index is 2.16. The lowest BCUT2D eigenvalue weighted by Gasteiger charge is -2.32. The maximum absolute atomic E-state index is 12.5. The van der Waals surface area contributed by atoms with Gasteiger partial charge >= 0.3 is 17.8 Å². The maximum Gasteiger partial charge on any atom is 0.471 e. The smallest absolute Gasteiger partial charge is 0.471 e. The summed E-state index contributed by atoms with van der Waals surface area (Å²) in [5.41, 5.74) is 0.981. The Kier molecular flexibility index (Phi) is 5.30. The van der Waals surface area contributed by atoms with Crippen molar-refractivity contribution in [2.45, 2.75) is 24.9 Å². The van der Waals surface area contributed by atoms with Gasteiger partial charge in [0.25, 0.3) is 4.92 Å². The summed E-state index contributed by atoms with van der Waals surface area (Å²) in [5, 5.41) is 0. The third kappa shape index (κ3) is 3.77. The highest BCUT2D eigenvalue weighted by atomic mass is 19.4. The number of likely N-dealkylation sites (tertiary alicyclic amines) is 1. The summed E-state index contributed by atoms with van der Waals surface area (Å²) >= 11 is 0. The second-order valence-electron chi connectivity index (χ2n) is 5.43. The van der Waals surface area contributed by atoms with Crippen LogP contribution in [0.3, 0.4) is 0 Å². The summed E-state index contributed by atoms with van der Waals surface area (Å²) in [6, 6.07) is 4.74. The number of rotatable bonds is 4. The minimum Gasteiger partial charge on any atom is -0.496 e. The van der Waals surface area contributed by atoms with Crippen LogP contribution in [0, 0.1) is 4.91 Å². The van der Waals surface area contributed by atoms with E-state index in [4.69, 9.17) is 4.74 Å². The lowest BCUT2D eigenvalue weighted by atomic mass is 9.88. The quantitative estimate of drug-likeness (QED) is 0.786. The van der Waals surface area contributed by atoms with E-state index in [0.717, 1.165) is 4.90 Å². The fourth-order valence-corrected chi connectivity index (χ4v) is 2.83. The highest BCUT2D eigenvalue weighted by Crippen LogP contribution is 2.37. The minimum atomic E-state index is -4.86. The number of methoxy groups -OCH3 is 1. The van der Waals surface area contributed by atoms with Gasteiger partial charge in [-0.25, -0.2) is 4.84 Å². The molecule has 0 atom stereocenters. The number of carbonyl (C=O) groups excluding carboxylic acids is 1. The largest absolute Gasteiger partial charge is 0.496 e. The van der Waals surface area contributed by atoms with Crippen molar-refractivity contribution in [3.63, 3.8) is 0 Å². The number of carbonyl (C=O) groups is 1. The van der Waals surface area contributed by atoms with Crippen molar-refractivity contribution in [1.82, 2.24) is 4.90 Å². The first-order valence-corrected chi connectivity index (χ1v) is 7.33. The van der Waals surface area contributed by atoms with Gasteiger partial charge in [0.1, 0.15) is 5.75 Å². The Morgan fingerprint density at radius 3 is 2.38 bits per heavy atom. The maximum atomic E-state index is 12.5. The van der Waals surface area contributed by atoms with E-state index in [1.807, 2.05) is 0 Å². The molecular weight excluding hydrogens is 329 g/mol. The SMILES string of the molecule is COc1ccc([N+](=O)OC)cc1C1CCN(C(=O)C(F)(F)F)CC1. The zero-order valence-electron chi connectivity index (χ0n) is 13.3. The van der Waals surface area contributed by atoms with Gasteiger partial charge in [-0.2, -0.15) is 13.2 Å². The fourth-order valence-electron chi connectivity index (χ4n) is 2.83. The molecule has 0 spiro atoms. The number of piperidine rings is 1. The summed E-state index contributed by atoms with van der Waals surface area (Å²) in [6.45, 7) is 0.00349. The Bertz CT molecular complexity index is 626. The standard InChI is InChI=1S/C15H18F3N2O4/c1-23-13-4-3-11(20(22)24-2)9-12(13)10-5-7-19(8-6-10)14(21)15(16,17)18/h3-4,9-10H,5-8H2,1-2H3/q+1. The molecule has 0 aromatic heterocycles. The molecule has 132 valence electrons. The number of amides is 1. The third-order valence-electron chi connectivity index (χ3n) is 4.05. The van der Waals surface area contributed by atoms with E-state index in [2.05, 4.69) is 4.84 Å². The molecule has 0 saturated carbocycles. The van der Waals surface area contributed by atoms with E-state index in [1.165, 1.54) is 20.3 Å². The molecule has 1 aliphatic rings. The van der Waals surface area contributed by atoms with E-state index in [1.54, 1.807) is 12.1 Å². The van der Waals surface area contributed by atoms with Gasteiger partial charge in [0.2, 0.25) is 0 Å². The van der Waals surface area contributed by atoms with Crippen molar-refractivity contribution in [2.24, 2.45) is 0 Å². The van der Waals surface area contributed by atoms with E-state index >= 15 is 0 Å². The van der Waals surface area contributed by atoms with Gasteiger partial charge in [-0.1, -0.05) is 0 Å². The van der Waals surface area contributed by atoms with Gasteiger partial charge in [-0.3, -0.25) is 4.79 Å². The molecule has 0 radical (unpaired) electrons. The van der Waals surface area contributed by atoms with Crippen molar-refractivity contribution in [1.29, 1.82) is 0 Å². The average Bonchev–Trinajstić information content (AvgIpc) is 2.59. The van der Waals surface area contributed by atoms with Crippen LogP contribution in [0.5, 0.6) is 5.75 Å². The Morgan fingerprint density at radius 1 is 1.25 bits per heavy atom. The first-order valence-electron chi connectivity index (χ1n) is 7.33. The van der Waals surface area contributed by atoms with E-state index < -0.39 is 12.1 Å². The molecule has 1 aromatic rings. The van der Waals surface area contributed by atoms with Crippen molar-refractivity contribution in [2.75, 3.05) is 27.3 Å². The van der Waals surface area contributed by atoms with Crippen LogP contribution in [-0.2, 0) is 9.63 Å². The lowest BCUT2D eigenvalue weighted by molar-refractivity contribution is -0.736. The van der Waals surface area contributed by atoms with Crippen molar-refractivity contribution >= 4 is 11.6 Å². The number of alkyl halides is 3. The number of ether oxygens (including phenoxy) is 1. The van der Waals surface area contributed by atoms with Gasteiger partial charge in [0, 0.05) is 30.8 Å². The summed E-state index contributed by atoms with van der Waals surface area (Å²) in [4.78, 5) is 28.6. The summed E-state index contributed by atoms with van der Waals surface area (Å²) in [5.74, 6) is -1.38. The van der Waals surface area contributed by atoms with Gasteiger partial charge in [-0.05, 0) is 24.8 Å². The molecule has 0 bridgehead atoms. The van der Waals surface area contributed by atoms with Crippen molar-refractivity contribution in [3.05, 3.63) is 28.7 Å². The number of benzene rings is 1. The Hall–Kier alpha value is -2.32. The third-order valence-corrected chi connectivity index (χ3v) is 4.05. The van der Waals surface area contributed by atoms with Gasteiger partial charge in [-0.15, -0.1) is 0 Å². The molecule has 1 saturated heterocycles. The molecule has 1 aliphatic heterocycles. The molecule has 1 aromatic carbocycles. The molecule has 2 rings (SSSR count). The van der Waals surface area contributed by atoms with Gasteiger partial charge in [0.15, 0.2) is 7.11 Å². The number of hydrogen-bond donors (Lipinski definition) is 0. The van der Waals surface area contributed by atoms with Crippen molar-refractivity contribution in [3.8, 4) is 5.75 Å². The fraction of sp³-hybridized carbons (Fsp3) is 0.533.